The zero-order chi connectivity index (χ0) is 18.1. The Morgan fingerprint density at radius 3 is 2.73 bits per heavy atom. The summed E-state index contributed by atoms with van der Waals surface area (Å²) in [6.07, 6.45) is 2.43. The van der Waals surface area contributed by atoms with Gasteiger partial charge in [0, 0.05) is 38.2 Å². The highest BCUT2D eigenvalue weighted by molar-refractivity contribution is 7.13. The lowest BCUT2D eigenvalue weighted by molar-refractivity contribution is 0.0628. The Kier molecular flexibility index (Phi) is 4.82. The van der Waals surface area contributed by atoms with Crippen LogP contribution in [0.4, 0.5) is 4.39 Å². The number of benzene rings is 1. The number of piperazine rings is 1. The predicted molar refractivity (Wildman–Crippen MR) is 97.0 cm³/mol. The van der Waals surface area contributed by atoms with Gasteiger partial charge in [0.25, 0.3) is 5.91 Å². The molecule has 7 heteroatoms. The molecule has 4 rings (SSSR count). The molecule has 0 bridgehead atoms. The number of rotatable bonds is 3. The molecule has 0 spiro atoms. The first-order valence-electron chi connectivity index (χ1n) is 8.89. The lowest BCUT2D eigenvalue weighted by Crippen LogP contribution is -2.48. The van der Waals surface area contributed by atoms with Crippen molar-refractivity contribution in [1.82, 2.24) is 14.8 Å². The molecule has 1 aliphatic heterocycles. The summed E-state index contributed by atoms with van der Waals surface area (Å²) < 4.78 is 13.3. The van der Waals surface area contributed by atoms with Gasteiger partial charge in [0.2, 0.25) is 0 Å². The molecule has 1 fully saturated rings. The van der Waals surface area contributed by atoms with Gasteiger partial charge in [-0.2, -0.15) is 0 Å². The maximum absolute atomic E-state index is 13.3. The van der Waals surface area contributed by atoms with Crippen LogP contribution in [-0.4, -0.2) is 52.7 Å². The maximum atomic E-state index is 13.3. The third kappa shape index (κ3) is 3.54. The minimum absolute atomic E-state index is 0.126. The SMILES string of the molecule is O=C1CCCc2nc(CN3CCN(C(=O)c4cccc(F)c4)CC3)sc21. The van der Waals surface area contributed by atoms with Crippen molar-refractivity contribution >= 4 is 23.0 Å². The Labute approximate surface area is 155 Å². The molecule has 1 amide bonds. The van der Waals surface area contributed by atoms with Crippen LogP contribution >= 0.6 is 11.3 Å². The van der Waals surface area contributed by atoms with Crippen LogP contribution in [0, 0.1) is 5.82 Å². The van der Waals surface area contributed by atoms with Crippen LogP contribution in [0.5, 0.6) is 0 Å². The molecular weight excluding hydrogens is 353 g/mol. The molecule has 136 valence electrons. The molecular formula is C19H20FN3O2S. The van der Waals surface area contributed by atoms with E-state index in [0.29, 0.717) is 31.6 Å². The van der Waals surface area contributed by atoms with E-state index in [9.17, 15) is 14.0 Å². The predicted octanol–water partition coefficient (Wildman–Crippen LogP) is 2.76. The number of carbonyl (C=O) groups excluding carboxylic acids is 2. The van der Waals surface area contributed by atoms with E-state index in [1.807, 2.05) is 0 Å². The summed E-state index contributed by atoms with van der Waals surface area (Å²) >= 11 is 1.52. The number of thiazole rings is 1. The number of aromatic nitrogens is 1. The Hall–Kier alpha value is -2.12. The second kappa shape index (κ2) is 7.25. The third-order valence-corrected chi connectivity index (χ3v) is 6.03. The smallest absolute Gasteiger partial charge is 0.254 e. The van der Waals surface area contributed by atoms with Crippen LogP contribution < -0.4 is 0 Å². The highest BCUT2D eigenvalue weighted by atomic mass is 32.1. The van der Waals surface area contributed by atoms with Crippen molar-refractivity contribution in [2.24, 2.45) is 0 Å². The van der Waals surface area contributed by atoms with Crippen molar-refractivity contribution in [1.29, 1.82) is 0 Å². The molecule has 0 saturated carbocycles. The van der Waals surface area contributed by atoms with Crippen molar-refractivity contribution in [3.05, 3.63) is 51.2 Å². The fourth-order valence-electron chi connectivity index (χ4n) is 3.49. The first-order valence-corrected chi connectivity index (χ1v) is 9.71. The Balaban J connectivity index is 1.35. The van der Waals surface area contributed by atoms with E-state index >= 15 is 0 Å². The van der Waals surface area contributed by atoms with Crippen molar-refractivity contribution in [2.45, 2.75) is 25.8 Å². The molecule has 0 N–H and O–H groups in total. The van der Waals surface area contributed by atoms with Crippen LogP contribution in [-0.2, 0) is 13.0 Å². The van der Waals surface area contributed by atoms with Crippen LogP contribution in [0.3, 0.4) is 0 Å². The number of fused-ring (bicyclic) bond motifs is 1. The summed E-state index contributed by atoms with van der Waals surface area (Å²) in [7, 11) is 0. The van der Waals surface area contributed by atoms with Gasteiger partial charge in [-0.05, 0) is 31.0 Å². The van der Waals surface area contributed by atoms with E-state index in [0.717, 1.165) is 41.5 Å². The van der Waals surface area contributed by atoms with Crippen LogP contribution in [0.1, 0.15) is 43.6 Å². The van der Waals surface area contributed by atoms with E-state index in [4.69, 9.17) is 0 Å². The van der Waals surface area contributed by atoms with Gasteiger partial charge in [-0.25, -0.2) is 9.37 Å². The maximum Gasteiger partial charge on any atom is 0.254 e. The van der Waals surface area contributed by atoms with Crippen LogP contribution in [0.15, 0.2) is 24.3 Å². The number of nitrogens with zero attached hydrogens (tertiary/aromatic N) is 3. The van der Waals surface area contributed by atoms with E-state index < -0.39 is 5.82 Å². The number of Topliss-reactive ketones (excluding diaryl/α,β-unsaturated/α-hetero) is 1. The van der Waals surface area contributed by atoms with Gasteiger partial charge in [0.1, 0.15) is 10.8 Å². The molecule has 1 aromatic carbocycles. The Morgan fingerprint density at radius 1 is 1.19 bits per heavy atom. The van der Waals surface area contributed by atoms with Gasteiger partial charge in [0.05, 0.1) is 17.1 Å². The summed E-state index contributed by atoms with van der Waals surface area (Å²) in [5.74, 6) is -0.295. The second-order valence-corrected chi connectivity index (χ2v) is 7.82. The summed E-state index contributed by atoms with van der Waals surface area (Å²) in [6, 6.07) is 5.83. The molecule has 1 aliphatic carbocycles. The molecule has 26 heavy (non-hydrogen) atoms. The van der Waals surface area contributed by atoms with Crippen molar-refractivity contribution in [2.75, 3.05) is 26.2 Å². The quantitative estimate of drug-likeness (QED) is 0.830. The molecule has 0 radical (unpaired) electrons. The monoisotopic (exact) mass is 373 g/mol. The third-order valence-electron chi connectivity index (χ3n) is 4.90. The van der Waals surface area contributed by atoms with E-state index in [-0.39, 0.29) is 11.7 Å². The largest absolute Gasteiger partial charge is 0.336 e. The number of aryl methyl sites for hydroxylation is 1. The summed E-state index contributed by atoms with van der Waals surface area (Å²) in [5.41, 5.74) is 1.35. The fourth-order valence-corrected chi connectivity index (χ4v) is 4.61. The van der Waals surface area contributed by atoms with Crippen LogP contribution in [0.25, 0.3) is 0 Å². The normalized spacial score (nSPS) is 18.0. The zero-order valence-corrected chi connectivity index (χ0v) is 15.2. The first-order chi connectivity index (χ1) is 12.6. The zero-order valence-electron chi connectivity index (χ0n) is 14.4. The lowest BCUT2D eigenvalue weighted by Gasteiger charge is -2.34. The van der Waals surface area contributed by atoms with Gasteiger partial charge in [-0.3, -0.25) is 14.5 Å². The Bertz CT molecular complexity index is 843. The molecule has 2 aromatic rings. The van der Waals surface area contributed by atoms with Gasteiger partial charge in [-0.15, -0.1) is 11.3 Å². The van der Waals surface area contributed by atoms with Gasteiger partial charge in [0.15, 0.2) is 5.78 Å². The molecule has 5 nitrogen and oxygen atoms in total. The topological polar surface area (TPSA) is 53.5 Å². The highest BCUT2D eigenvalue weighted by Crippen LogP contribution is 2.27. The average molecular weight is 373 g/mol. The van der Waals surface area contributed by atoms with Gasteiger partial charge < -0.3 is 4.90 Å². The van der Waals surface area contributed by atoms with Gasteiger partial charge in [-0.1, -0.05) is 6.07 Å². The molecule has 2 aliphatic rings. The number of ketones is 1. The number of amides is 1. The van der Waals surface area contributed by atoms with Crippen molar-refractivity contribution in [3.63, 3.8) is 0 Å². The molecule has 0 unspecified atom stereocenters. The first kappa shape index (κ1) is 17.3. The minimum atomic E-state index is -0.392. The number of hydrogen-bond acceptors (Lipinski definition) is 5. The highest BCUT2D eigenvalue weighted by Gasteiger charge is 2.25. The number of carbonyl (C=O) groups is 2. The van der Waals surface area contributed by atoms with E-state index in [1.165, 1.54) is 23.5 Å². The second-order valence-electron chi connectivity index (χ2n) is 6.74. The van der Waals surface area contributed by atoms with Crippen LogP contribution in [0.2, 0.25) is 0 Å². The van der Waals surface area contributed by atoms with Gasteiger partial charge >= 0.3 is 0 Å². The van der Waals surface area contributed by atoms with Crippen molar-refractivity contribution in [3.8, 4) is 0 Å². The average Bonchev–Trinajstić information content (AvgIpc) is 3.06. The van der Waals surface area contributed by atoms with Crippen molar-refractivity contribution < 1.29 is 14.0 Å². The molecule has 1 saturated heterocycles. The van der Waals surface area contributed by atoms with E-state index in [2.05, 4.69) is 9.88 Å². The minimum Gasteiger partial charge on any atom is -0.336 e. The summed E-state index contributed by atoms with van der Waals surface area (Å²) in [6.45, 7) is 3.43. The molecule has 0 atom stereocenters. The standard InChI is InChI=1S/C19H20FN3O2S/c20-14-4-1-3-13(11-14)19(25)23-9-7-22(8-10-23)12-17-21-15-5-2-6-16(24)18(15)26-17/h1,3-4,11H,2,5-10,12H2. The lowest BCUT2D eigenvalue weighted by atomic mass is 10.0. The number of hydrogen-bond donors (Lipinski definition) is 0. The molecule has 1 aromatic heterocycles. The summed E-state index contributed by atoms with van der Waals surface area (Å²) in [4.78, 5) is 33.9. The summed E-state index contributed by atoms with van der Waals surface area (Å²) in [5, 5.41) is 0.982. The van der Waals surface area contributed by atoms with E-state index in [1.54, 1.807) is 17.0 Å². The fraction of sp³-hybridized carbons (Fsp3) is 0.421. The number of halogens is 1. The molecule has 2 heterocycles. The Morgan fingerprint density at radius 2 is 2.00 bits per heavy atom.